The zero-order valence-electron chi connectivity index (χ0n) is 30.3. The molecule has 51 heavy (non-hydrogen) atoms. The van der Waals surface area contributed by atoms with Crippen LogP contribution in [0.5, 0.6) is 0 Å². The van der Waals surface area contributed by atoms with E-state index in [4.69, 9.17) is 5.73 Å². The third-order valence-corrected chi connectivity index (χ3v) is 10.5. The molecule has 4 rings (SSSR count). The number of thiazole rings is 2. The number of carbonyl (C=O) groups excluding carboxylic acids is 2. The summed E-state index contributed by atoms with van der Waals surface area (Å²) in [5.74, 6) is -0.556. The molecule has 2 amide bonds. The Kier molecular flexibility index (Phi) is 15.1. The van der Waals surface area contributed by atoms with E-state index in [0.29, 0.717) is 30.2 Å². The van der Waals surface area contributed by atoms with Gasteiger partial charge in [0.15, 0.2) is 5.13 Å². The number of amides is 2. The number of aliphatic hydroxyl groups is 2. The van der Waals surface area contributed by atoms with Crippen molar-refractivity contribution in [2.45, 2.75) is 90.0 Å². The number of nitrogens with one attached hydrogen (secondary N) is 2. The molecular weight excluding hydrogens is 683 g/mol. The van der Waals surface area contributed by atoms with Crippen LogP contribution in [0, 0.1) is 11.8 Å². The van der Waals surface area contributed by atoms with E-state index in [1.807, 2.05) is 99.1 Å². The quantitative estimate of drug-likeness (QED) is 0.0962. The van der Waals surface area contributed by atoms with Gasteiger partial charge in [-0.1, -0.05) is 88.4 Å². The van der Waals surface area contributed by atoms with Crippen LogP contribution in [0.15, 0.2) is 77.6 Å². The van der Waals surface area contributed by atoms with Crippen LogP contribution < -0.4 is 16.4 Å². The summed E-state index contributed by atoms with van der Waals surface area (Å²) in [4.78, 5) is 39.7. The van der Waals surface area contributed by atoms with Crippen LogP contribution in [0.1, 0.15) is 49.5 Å². The zero-order valence-corrected chi connectivity index (χ0v) is 32.0. The van der Waals surface area contributed by atoms with Crippen LogP contribution >= 0.6 is 22.7 Å². The van der Waals surface area contributed by atoms with Crippen molar-refractivity contribution < 1.29 is 19.8 Å². The molecule has 2 aromatic heterocycles. The second-order valence-electron chi connectivity index (χ2n) is 13.8. The number of nitrogens with zero attached hydrogens (tertiary/aromatic N) is 4. The average molecular weight is 736 g/mol. The molecule has 276 valence electrons. The first-order chi connectivity index (χ1) is 24.3. The van der Waals surface area contributed by atoms with Crippen molar-refractivity contribution in [3.05, 3.63) is 99.4 Å². The van der Waals surface area contributed by atoms with Crippen molar-refractivity contribution in [3.8, 4) is 0 Å². The summed E-state index contributed by atoms with van der Waals surface area (Å²) in [6, 6.07) is 16.7. The van der Waals surface area contributed by atoms with E-state index < -0.39 is 36.4 Å². The molecular formula is C38H53N7O4S2. The second kappa shape index (κ2) is 19.2. The van der Waals surface area contributed by atoms with Crippen LogP contribution in [0.4, 0.5) is 5.13 Å². The standard InChI is InChI=1S/C38H53N7O4S2/c1-24(2)32(36(48)44(5)21-28-23-51-38(39)41-28)42-29(19-26-13-9-7-10-14-26)34(46)35(47)30(20-27-15-11-8-12-16-27)43-33(25(3)4)37(49)45(6)22-31-40-17-18-50-31/h7-18,23-25,29-30,32-35,42-43,46-47H,19-22H2,1-6H3,(H2,39,41)/t29-,30-,32-,33-,34-,35-/m0/s1. The van der Waals surface area contributed by atoms with Crippen LogP contribution in [-0.4, -0.2) is 92.3 Å². The summed E-state index contributed by atoms with van der Waals surface area (Å²) in [7, 11) is 3.47. The number of hydrogen-bond acceptors (Lipinski definition) is 11. The van der Waals surface area contributed by atoms with Crippen molar-refractivity contribution in [1.29, 1.82) is 0 Å². The first-order valence-corrected chi connectivity index (χ1v) is 19.1. The number of carbonyl (C=O) groups is 2. The smallest absolute Gasteiger partial charge is 0.240 e. The van der Waals surface area contributed by atoms with Crippen LogP contribution in [0.2, 0.25) is 0 Å². The fraction of sp³-hybridized carbons (Fsp3) is 0.474. The Morgan fingerprint density at radius 2 is 1.24 bits per heavy atom. The minimum atomic E-state index is -1.32. The first kappa shape index (κ1) is 40.1. The largest absolute Gasteiger partial charge is 0.389 e. The molecule has 6 atom stereocenters. The Labute approximate surface area is 309 Å². The van der Waals surface area contributed by atoms with Crippen molar-refractivity contribution in [2.24, 2.45) is 11.8 Å². The van der Waals surface area contributed by atoms with Gasteiger partial charge in [-0.3, -0.25) is 20.2 Å². The average Bonchev–Trinajstić information content (AvgIpc) is 3.78. The van der Waals surface area contributed by atoms with Crippen molar-refractivity contribution in [3.63, 3.8) is 0 Å². The molecule has 13 heteroatoms. The minimum absolute atomic E-state index is 0.122. The lowest BCUT2D eigenvalue weighted by Gasteiger charge is -2.38. The number of nitrogens with two attached hydrogens (primary N) is 1. The minimum Gasteiger partial charge on any atom is -0.389 e. The molecule has 0 unspecified atom stereocenters. The van der Waals surface area contributed by atoms with Gasteiger partial charge in [0.05, 0.1) is 43.1 Å². The highest BCUT2D eigenvalue weighted by Gasteiger charge is 2.38. The fourth-order valence-electron chi connectivity index (χ4n) is 6.13. The van der Waals surface area contributed by atoms with Gasteiger partial charge >= 0.3 is 0 Å². The maximum atomic E-state index is 13.9. The van der Waals surface area contributed by atoms with E-state index in [0.717, 1.165) is 16.1 Å². The molecule has 4 aromatic rings. The summed E-state index contributed by atoms with van der Waals surface area (Å²) in [5, 5.41) is 36.2. The van der Waals surface area contributed by atoms with E-state index in [1.54, 1.807) is 30.1 Å². The van der Waals surface area contributed by atoms with Gasteiger partial charge in [0.25, 0.3) is 0 Å². The number of rotatable bonds is 19. The van der Waals surface area contributed by atoms with Gasteiger partial charge in [-0.05, 0) is 35.8 Å². The van der Waals surface area contributed by atoms with Crippen LogP contribution in [-0.2, 0) is 35.5 Å². The Bertz CT molecular complexity index is 1620. The van der Waals surface area contributed by atoms with Gasteiger partial charge in [-0.15, -0.1) is 22.7 Å². The van der Waals surface area contributed by atoms with Gasteiger partial charge in [0.2, 0.25) is 11.8 Å². The lowest BCUT2D eigenvalue weighted by Crippen LogP contribution is -2.62. The van der Waals surface area contributed by atoms with E-state index in [2.05, 4.69) is 20.6 Å². The highest BCUT2D eigenvalue weighted by Crippen LogP contribution is 2.21. The van der Waals surface area contributed by atoms with Crippen molar-refractivity contribution in [1.82, 2.24) is 30.4 Å². The summed E-state index contributed by atoms with van der Waals surface area (Å²) in [5.41, 5.74) is 8.41. The van der Waals surface area contributed by atoms with Gasteiger partial charge in [0.1, 0.15) is 5.01 Å². The predicted octanol–water partition coefficient (Wildman–Crippen LogP) is 3.97. The fourth-order valence-corrected chi connectivity index (χ4v) is 7.35. The number of nitrogen functional groups attached to an aromatic ring is 1. The van der Waals surface area contributed by atoms with E-state index in [9.17, 15) is 19.8 Å². The van der Waals surface area contributed by atoms with Gasteiger partial charge in [-0.25, -0.2) is 9.97 Å². The number of likely N-dealkylation sites (N-methyl/N-ethyl adjacent to an activating group) is 2. The maximum absolute atomic E-state index is 13.9. The number of aromatic nitrogens is 2. The molecule has 2 heterocycles. The van der Waals surface area contributed by atoms with Crippen LogP contribution in [0.25, 0.3) is 0 Å². The zero-order chi connectivity index (χ0) is 37.1. The summed E-state index contributed by atoms with van der Waals surface area (Å²) in [6.45, 7) is 8.49. The Hall–Kier alpha value is -3.72. The summed E-state index contributed by atoms with van der Waals surface area (Å²) < 4.78 is 0. The third kappa shape index (κ3) is 11.6. The molecule has 0 radical (unpaired) electrons. The molecule has 0 aliphatic heterocycles. The van der Waals surface area contributed by atoms with Crippen molar-refractivity contribution >= 4 is 39.6 Å². The highest BCUT2D eigenvalue weighted by molar-refractivity contribution is 7.13. The summed E-state index contributed by atoms with van der Waals surface area (Å²) >= 11 is 2.81. The number of benzene rings is 2. The monoisotopic (exact) mass is 735 g/mol. The van der Waals surface area contributed by atoms with E-state index >= 15 is 0 Å². The normalized spacial score (nSPS) is 15.3. The van der Waals surface area contributed by atoms with Crippen molar-refractivity contribution in [2.75, 3.05) is 19.8 Å². The topological polar surface area (TPSA) is 157 Å². The SMILES string of the molecule is CC(C)[C@H](N[C@@H](Cc1ccccc1)[C@H](O)[C@@H](O)[C@H](Cc1ccccc1)N[C@H](C(=O)N(C)Cc1nccs1)C(C)C)C(=O)N(C)Cc1csc(N)n1. The molecule has 0 spiro atoms. The number of anilines is 1. The number of aliphatic hydroxyl groups excluding tert-OH is 2. The molecule has 0 bridgehead atoms. The van der Waals surface area contributed by atoms with E-state index in [1.165, 1.54) is 22.7 Å². The Balaban J connectivity index is 1.62. The van der Waals surface area contributed by atoms with Crippen LogP contribution in [0.3, 0.4) is 0 Å². The summed E-state index contributed by atoms with van der Waals surface area (Å²) in [6.07, 6.45) is -0.210. The maximum Gasteiger partial charge on any atom is 0.240 e. The second-order valence-corrected chi connectivity index (χ2v) is 15.7. The van der Waals surface area contributed by atoms with Gasteiger partial charge < -0.3 is 25.7 Å². The molecule has 0 fully saturated rings. The molecule has 2 aromatic carbocycles. The first-order valence-electron chi connectivity index (χ1n) is 17.4. The van der Waals surface area contributed by atoms with Gasteiger partial charge in [-0.2, -0.15) is 0 Å². The molecule has 0 saturated carbocycles. The van der Waals surface area contributed by atoms with E-state index in [-0.39, 0.29) is 30.2 Å². The highest BCUT2D eigenvalue weighted by atomic mass is 32.1. The molecule has 0 aliphatic carbocycles. The Morgan fingerprint density at radius 1 is 0.765 bits per heavy atom. The third-order valence-electron chi connectivity index (χ3n) is 9.00. The molecule has 6 N–H and O–H groups in total. The predicted molar refractivity (Wildman–Crippen MR) is 205 cm³/mol. The number of hydrogen-bond donors (Lipinski definition) is 5. The molecule has 0 aliphatic rings. The lowest BCUT2D eigenvalue weighted by atomic mass is 9.88. The Morgan fingerprint density at radius 3 is 1.63 bits per heavy atom. The lowest BCUT2D eigenvalue weighted by molar-refractivity contribution is -0.136. The van der Waals surface area contributed by atoms with Gasteiger partial charge in [0, 0.05) is 43.1 Å². The molecule has 0 saturated heterocycles. The molecule has 11 nitrogen and oxygen atoms in total.